The highest BCUT2D eigenvalue weighted by molar-refractivity contribution is 5.83. The van der Waals surface area contributed by atoms with E-state index in [0.29, 0.717) is 17.2 Å². The molecule has 0 spiro atoms. The van der Waals surface area contributed by atoms with E-state index in [9.17, 15) is 4.79 Å². The molecule has 0 radical (unpaired) electrons. The molecule has 1 amide bonds. The predicted molar refractivity (Wildman–Crippen MR) is 120 cm³/mol. The molecule has 2 bridgehead atoms. The molecule has 2 saturated carbocycles. The number of hydrogen-bond acceptors (Lipinski definition) is 2. The lowest BCUT2D eigenvalue weighted by Crippen LogP contribution is -2.60. The van der Waals surface area contributed by atoms with Gasteiger partial charge in [-0.25, -0.2) is 0 Å². The van der Waals surface area contributed by atoms with E-state index in [4.69, 9.17) is 0 Å². The Kier molecular flexibility index (Phi) is 5.34. The average Bonchev–Trinajstić information content (AvgIpc) is 2.67. The van der Waals surface area contributed by atoms with Crippen LogP contribution in [0, 0.1) is 16.7 Å². The van der Waals surface area contributed by atoms with E-state index in [1.165, 1.54) is 24.8 Å². The summed E-state index contributed by atoms with van der Waals surface area (Å²) in [6.07, 6.45) is 8.81. The number of hydrogen-bond donors (Lipinski definition) is 2. The summed E-state index contributed by atoms with van der Waals surface area (Å²) in [5.74, 6) is 0.944. The second-order valence-corrected chi connectivity index (χ2v) is 11.5. The van der Waals surface area contributed by atoms with Crippen LogP contribution in [-0.2, 0) is 10.2 Å². The summed E-state index contributed by atoms with van der Waals surface area (Å²) in [5.41, 5.74) is 1.63. The van der Waals surface area contributed by atoms with E-state index in [-0.39, 0.29) is 16.4 Å². The molecule has 1 aromatic carbocycles. The van der Waals surface area contributed by atoms with Gasteiger partial charge in [0.2, 0.25) is 5.91 Å². The van der Waals surface area contributed by atoms with Gasteiger partial charge < -0.3 is 10.6 Å². The van der Waals surface area contributed by atoms with Crippen LogP contribution >= 0.6 is 0 Å². The lowest BCUT2D eigenvalue weighted by Gasteiger charge is -2.57. The molecule has 3 nitrogen and oxygen atoms in total. The van der Waals surface area contributed by atoms with Crippen molar-refractivity contribution in [3.8, 4) is 0 Å². The Morgan fingerprint density at radius 2 is 1.72 bits per heavy atom. The molecule has 3 heteroatoms. The molecule has 1 aromatic rings. The van der Waals surface area contributed by atoms with Crippen LogP contribution in [0.3, 0.4) is 0 Å². The van der Waals surface area contributed by atoms with Crippen molar-refractivity contribution in [3.63, 3.8) is 0 Å². The highest BCUT2D eigenvalue weighted by Crippen LogP contribution is 2.61. The van der Waals surface area contributed by atoms with Gasteiger partial charge in [0.25, 0.3) is 0 Å². The number of nitrogens with one attached hydrogen (secondary N) is 2. The summed E-state index contributed by atoms with van der Waals surface area (Å²) < 4.78 is 0. The number of rotatable bonds is 4. The minimum atomic E-state index is -0.275. The van der Waals surface area contributed by atoms with Crippen molar-refractivity contribution in [1.29, 1.82) is 0 Å². The number of fused-ring (bicyclic) bond motifs is 2. The minimum Gasteiger partial charge on any atom is -0.350 e. The van der Waals surface area contributed by atoms with Crippen LogP contribution in [-0.4, -0.2) is 24.5 Å². The van der Waals surface area contributed by atoms with Gasteiger partial charge in [0.1, 0.15) is 0 Å². The van der Waals surface area contributed by atoms with Gasteiger partial charge in [0, 0.05) is 11.0 Å². The molecule has 4 rings (SSSR count). The largest absolute Gasteiger partial charge is 0.350 e. The number of amides is 1. The topological polar surface area (TPSA) is 41.1 Å². The summed E-state index contributed by atoms with van der Waals surface area (Å²) in [5, 5.41) is 7.05. The van der Waals surface area contributed by atoms with Crippen molar-refractivity contribution >= 4 is 5.91 Å². The van der Waals surface area contributed by atoms with Crippen LogP contribution in [0.15, 0.2) is 30.3 Å². The Hall–Kier alpha value is -1.35. The van der Waals surface area contributed by atoms with Crippen LogP contribution in [0.2, 0.25) is 0 Å². The fourth-order valence-electron chi connectivity index (χ4n) is 7.35. The Bertz CT molecular complexity index is 736. The van der Waals surface area contributed by atoms with Crippen molar-refractivity contribution in [2.45, 2.75) is 90.0 Å². The lowest BCUT2D eigenvalue weighted by atomic mass is 9.47. The molecule has 3 aliphatic rings. The molecule has 1 heterocycles. The fourth-order valence-corrected chi connectivity index (χ4v) is 7.35. The summed E-state index contributed by atoms with van der Waals surface area (Å²) in [4.78, 5) is 13.8. The van der Waals surface area contributed by atoms with Gasteiger partial charge in [-0.05, 0) is 86.8 Å². The number of piperidine rings is 1. The van der Waals surface area contributed by atoms with Crippen LogP contribution in [0.4, 0.5) is 0 Å². The summed E-state index contributed by atoms with van der Waals surface area (Å²) in [7, 11) is 0. The molecule has 3 atom stereocenters. The standard InChI is InChI=1S/C26H40N2O/c1-5-26(11-13-27-14-12-26)28-22(29)24(4)16-20-15-23(2,3)18-25(17-20,19-24)21-9-7-6-8-10-21/h6-10,20,27H,5,11-19H2,1-4H3,(H,28,29). The maximum absolute atomic E-state index is 13.8. The van der Waals surface area contributed by atoms with Crippen LogP contribution in [0.25, 0.3) is 0 Å². The van der Waals surface area contributed by atoms with Gasteiger partial charge in [-0.1, -0.05) is 58.0 Å². The molecule has 3 unspecified atom stereocenters. The Labute approximate surface area is 177 Å². The van der Waals surface area contributed by atoms with Gasteiger partial charge in [-0.2, -0.15) is 0 Å². The van der Waals surface area contributed by atoms with Crippen molar-refractivity contribution in [2.75, 3.05) is 13.1 Å². The monoisotopic (exact) mass is 396 g/mol. The van der Waals surface area contributed by atoms with E-state index < -0.39 is 0 Å². The quantitative estimate of drug-likeness (QED) is 0.734. The molecule has 160 valence electrons. The Morgan fingerprint density at radius 1 is 1.03 bits per heavy atom. The first-order valence-electron chi connectivity index (χ1n) is 11.8. The van der Waals surface area contributed by atoms with Crippen LogP contribution < -0.4 is 10.6 Å². The molecule has 1 saturated heterocycles. The zero-order valence-electron chi connectivity index (χ0n) is 18.9. The van der Waals surface area contributed by atoms with Gasteiger partial charge in [-0.3, -0.25) is 4.79 Å². The third-order valence-corrected chi connectivity index (χ3v) is 8.36. The number of carbonyl (C=O) groups excluding carboxylic acids is 1. The van der Waals surface area contributed by atoms with E-state index >= 15 is 0 Å². The zero-order chi connectivity index (χ0) is 20.8. The average molecular weight is 397 g/mol. The molecule has 1 aliphatic heterocycles. The molecule has 2 aliphatic carbocycles. The van der Waals surface area contributed by atoms with E-state index in [1.54, 1.807) is 0 Å². The maximum Gasteiger partial charge on any atom is 0.226 e. The third-order valence-electron chi connectivity index (χ3n) is 8.36. The van der Waals surface area contributed by atoms with Crippen molar-refractivity contribution in [1.82, 2.24) is 10.6 Å². The maximum atomic E-state index is 13.8. The Morgan fingerprint density at radius 3 is 2.38 bits per heavy atom. The first-order valence-corrected chi connectivity index (χ1v) is 11.8. The number of benzene rings is 1. The molecular formula is C26H40N2O. The van der Waals surface area contributed by atoms with Crippen molar-refractivity contribution in [3.05, 3.63) is 35.9 Å². The summed E-state index contributed by atoms with van der Waals surface area (Å²) in [6.45, 7) is 11.4. The SMILES string of the molecule is CCC1(NC(=O)C2(C)CC3CC(C)(C)CC(c4ccccc4)(C3)C2)CCNCC1. The zero-order valence-corrected chi connectivity index (χ0v) is 18.9. The van der Waals surface area contributed by atoms with E-state index in [0.717, 1.165) is 45.2 Å². The Balaban J connectivity index is 1.63. The molecular weight excluding hydrogens is 356 g/mol. The second kappa shape index (κ2) is 7.41. The highest BCUT2D eigenvalue weighted by atomic mass is 16.2. The fraction of sp³-hybridized carbons (Fsp3) is 0.731. The predicted octanol–water partition coefficient (Wildman–Crippen LogP) is 5.20. The van der Waals surface area contributed by atoms with Crippen molar-refractivity contribution in [2.24, 2.45) is 16.7 Å². The second-order valence-electron chi connectivity index (χ2n) is 11.5. The van der Waals surface area contributed by atoms with Crippen LogP contribution in [0.5, 0.6) is 0 Å². The lowest BCUT2D eigenvalue weighted by molar-refractivity contribution is -0.140. The third kappa shape index (κ3) is 4.00. The molecule has 29 heavy (non-hydrogen) atoms. The van der Waals surface area contributed by atoms with Gasteiger partial charge in [0.05, 0.1) is 0 Å². The van der Waals surface area contributed by atoms with E-state index in [1.807, 2.05) is 0 Å². The summed E-state index contributed by atoms with van der Waals surface area (Å²) in [6, 6.07) is 11.1. The molecule has 3 fully saturated rings. The van der Waals surface area contributed by atoms with Crippen LogP contribution in [0.1, 0.15) is 84.6 Å². The molecule has 0 aromatic heterocycles. The normalized spacial score (nSPS) is 35.7. The first kappa shape index (κ1) is 20.9. The van der Waals surface area contributed by atoms with Gasteiger partial charge in [-0.15, -0.1) is 0 Å². The smallest absolute Gasteiger partial charge is 0.226 e. The minimum absolute atomic E-state index is 0.0168. The molecule has 2 N–H and O–H groups in total. The van der Waals surface area contributed by atoms with Gasteiger partial charge in [0.15, 0.2) is 0 Å². The first-order chi connectivity index (χ1) is 13.7. The number of carbonyl (C=O) groups is 1. The highest BCUT2D eigenvalue weighted by Gasteiger charge is 2.56. The summed E-state index contributed by atoms with van der Waals surface area (Å²) >= 11 is 0. The van der Waals surface area contributed by atoms with E-state index in [2.05, 4.69) is 68.7 Å². The van der Waals surface area contributed by atoms with Gasteiger partial charge >= 0.3 is 0 Å². The van der Waals surface area contributed by atoms with Crippen molar-refractivity contribution < 1.29 is 4.79 Å².